The lowest BCUT2D eigenvalue weighted by atomic mass is 10.00. The second-order valence-electron chi connectivity index (χ2n) is 8.76. The number of hydrogen-bond acceptors (Lipinski definition) is 4. The zero-order chi connectivity index (χ0) is 24.9. The van der Waals surface area contributed by atoms with Crippen molar-refractivity contribution in [3.8, 4) is 0 Å². The molecule has 7 heteroatoms. The highest BCUT2D eigenvalue weighted by atomic mass is 35.5. The first-order valence-electron chi connectivity index (χ1n) is 11.5. The van der Waals surface area contributed by atoms with Crippen LogP contribution in [0, 0.1) is 0 Å². The Balaban J connectivity index is 1.66. The van der Waals surface area contributed by atoms with E-state index >= 15 is 0 Å². The van der Waals surface area contributed by atoms with E-state index in [1.165, 1.54) is 0 Å². The van der Waals surface area contributed by atoms with E-state index < -0.39 is 0 Å². The fraction of sp³-hybridized carbons (Fsp3) is 0.214. The summed E-state index contributed by atoms with van der Waals surface area (Å²) in [5, 5.41) is 6.94. The smallest absolute Gasteiger partial charge is 0.258 e. The van der Waals surface area contributed by atoms with Crippen molar-refractivity contribution in [1.82, 2.24) is 4.90 Å². The monoisotopic (exact) mass is 488 g/mol. The summed E-state index contributed by atoms with van der Waals surface area (Å²) in [6.07, 6.45) is 0.884. The number of nitrogens with zero attached hydrogens (tertiary/aromatic N) is 2. The molecule has 3 aromatic carbocycles. The van der Waals surface area contributed by atoms with E-state index in [-0.39, 0.29) is 11.8 Å². The van der Waals surface area contributed by atoms with Crippen molar-refractivity contribution in [2.45, 2.75) is 13.3 Å². The van der Waals surface area contributed by atoms with Crippen molar-refractivity contribution in [2.24, 2.45) is 0 Å². The fourth-order valence-corrected chi connectivity index (χ4v) is 4.33. The van der Waals surface area contributed by atoms with Crippen molar-refractivity contribution in [2.75, 3.05) is 42.7 Å². The van der Waals surface area contributed by atoms with Crippen LogP contribution in [0.15, 0.2) is 72.8 Å². The lowest BCUT2D eigenvalue weighted by Crippen LogP contribution is -2.31. The van der Waals surface area contributed by atoms with Gasteiger partial charge in [0.25, 0.3) is 5.91 Å². The number of benzene rings is 3. The van der Waals surface area contributed by atoms with Crippen molar-refractivity contribution in [3.63, 3.8) is 0 Å². The molecule has 0 fully saturated rings. The van der Waals surface area contributed by atoms with Gasteiger partial charge in [-0.05, 0) is 69.0 Å². The Labute approximate surface area is 211 Å². The zero-order valence-corrected chi connectivity index (χ0v) is 20.9. The summed E-state index contributed by atoms with van der Waals surface area (Å²) in [6.45, 7) is 3.15. The third kappa shape index (κ3) is 5.73. The van der Waals surface area contributed by atoms with E-state index in [0.717, 1.165) is 35.5 Å². The largest absolute Gasteiger partial charge is 0.354 e. The van der Waals surface area contributed by atoms with Crippen molar-refractivity contribution >= 4 is 51.7 Å². The second-order valence-corrected chi connectivity index (χ2v) is 9.20. The van der Waals surface area contributed by atoms with Crippen molar-refractivity contribution in [1.29, 1.82) is 0 Å². The van der Waals surface area contributed by atoms with Gasteiger partial charge in [0.15, 0.2) is 0 Å². The second kappa shape index (κ2) is 10.8. The molecule has 35 heavy (non-hydrogen) atoms. The van der Waals surface area contributed by atoms with E-state index in [1.807, 2.05) is 74.8 Å². The molecule has 1 heterocycles. The number of hydrogen-bond donors (Lipinski definition) is 2. The van der Waals surface area contributed by atoms with Crippen LogP contribution in [0.2, 0.25) is 5.02 Å². The highest BCUT2D eigenvalue weighted by Gasteiger charge is 2.28. The average Bonchev–Trinajstić information content (AvgIpc) is 3.15. The predicted octanol–water partition coefficient (Wildman–Crippen LogP) is 5.58. The average molecular weight is 489 g/mol. The van der Waals surface area contributed by atoms with E-state index in [1.54, 1.807) is 24.0 Å². The minimum atomic E-state index is -0.186. The Hall–Kier alpha value is -3.61. The van der Waals surface area contributed by atoms with Gasteiger partial charge in [0.2, 0.25) is 5.91 Å². The molecule has 0 spiro atoms. The number of carbonyl (C=O) groups excluding carboxylic acids is 2. The molecule has 0 saturated heterocycles. The van der Waals surface area contributed by atoms with Crippen molar-refractivity contribution in [3.05, 3.63) is 88.9 Å². The summed E-state index contributed by atoms with van der Waals surface area (Å²) in [6, 6.07) is 22.9. The third-order valence-electron chi connectivity index (χ3n) is 5.85. The number of nitrogens with one attached hydrogen (secondary N) is 2. The molecule has 0 unspecified atom stereocenters. The lowest BCUT2D eigenvalue weighted by molar-refractivity contribution is -0.116. The summed E-state index contributed by atoms with van der Waals surface area (Å²) in [5.41, 5.74) is 5.29. The van der Waals surface area contributed by atoms with Gasteiger partial charge in [0.05, 0.1) is 17.0 Å². The van der Waals surface area contributed by atoms with E-state index in [4.69, 9.17) is 11.6 Å². The maximum atomic E-state index is 13.0. The Morgan fingerprint density at radius 2 is 1.69 bits per heavy atom. The van der Waals surface area contributed by atoms with Crippen LogP contribution in [-0.2, 0) is 9.59 Å². The minimum absolute atomic E-state index is 0.00875. The van der Waals surface area contributed by atoms with E-state index in [0.29, 0.717) is 28.5 Å². The maximum absolute atomic E-state index is 13.0. The molecule has 3 aromatic rings. The summed E-state index contributed by atoms with van der Waals surface area (Å²) in [4.78, 5) is 29.2. The highest BCUT2D eigenvalue weighted by Crippen LogP contribution is 2.38. The predicted molar refractivity (Wildman–Crippen MR) is 145 cm³/mol. The SMILES string of the molecule is CC(=O)N(CCCN(C)C)c1ccc(N/C(=C2\C(=O)Nc3cc(Cl)ccc32)c2ccccc2)cc1. The first-order chi connectivity index (χ1) is 16.8. The number of amides is 2. The molecule has 6 nitrogen and oxygen atoms in total. The van der Waals surface area contributed by atoms with E-state index in [9.17, 15) is 9.59 Å². The molecule has 1 aliphatic rings. The fourth-order valence-electron chi connectivity index (χ4n) is 4.16. The number of halogens is 1. The van der Waals surface area contributed by atoms with Gasteiger partial charge in [-0.3, -0.25) is 9.59 Å². The van der Waals surface area contributed by atoms with Crippen LogP contribution < -0.4 is 15.5 Å². The minimum Gasteiger partial charge on any atom is -0.354 e. The summed E-state index contributed by atoms with van der Waals surface area (Å²) in [5.74, 6) is -0.177. The summed E-state index contributed by atoms with van der Waals surface area (Å²) >= 11 is 6.14. The number of rotatable bonds is 8. The van der Waals surface area contributed by atoms with Gasteiger partial charge in [-0.2, -0.15) is 0 Å². The molecule has 0 aliphatic carbocycles. The summed E-state index contributed by atoms with van der Waals surface area (Å²) < 4.78 is 0. The van der Waals surface area contributed by atoms with Gasteiger partial charge in [-0.25, -0.2) is 0 Å². The first-order valence-corrected chi connectivity index (χ1v) is 11.9. The van der Waals surface area contributed by atoms with Crippen LogP contribution >= 0.6 is 11.6 Å². The Morgan fingerprint density at radius 3 is 2.34 bits per heavy atom. The molecule has 4 rings (SSSR count). The van der Waals surface area contributed by atoms with Crippen LogP contribution in [0.4, 0.5) is 17.1 Å². The number of anilines is 3. The highest BCUT2D eigenvalue weighted by molar-refractivity contribution is 6.38. The molecule has 2 N–H and O–H groups in total. The molecule has 0 bridgehead atoms. The standard InChI is InChI=1S/C28H29ClN4O2/c1-19(34)33(17-7-16-32(2)3)23-13-11-22(12-14-23)30-27(20-8-5-4-6-9-20)26-24-15-10-21(29)18-25(24)31-28(26)35/h4-6,8-15,18,30H,7,16-17H2,1-3H3,(H,31,35)/b27-26-. The molecular weight excluding hydrogens is 460 g/mol. The molecule has 1 aliphatic heterocycles. The maximum Gasteiger partial charge on any atom is 0.258 e. The van der Waals surface area contributed by atoms with Gasteiger partial charge >= 0.3 is 0 Å². The number of carbonyl (C=O) groups is 2. The first kappa shape index (κ1) is 24.5. The Bertz CT molecular complexity index is 1250. The van der Waals surface area contributed by atoms with Crippen LogP contribution in [0.3, 0.4) is 0 Å². The normalized spacial score (nSPS) is 13.9. The molecule has 0 aromatic heterocycles. The number of fused-ring (bicyclic) bond motifs is 1. The van der Waals surface area contributed by atoms with E-state index in [2.05, 4.69) is 15.5 Å². The topological polar surface area (TPSA) is 64.7 Å². The molecule has 2 amide bonds. The van der Waals surface area contributed by atoms with Gasteiger partial charge in [0, 0.05) is 35.4 Å². The molecule has 180 valence electrons. The molecular formula is C28H29ClN4O2. The van der Waals surface area contributed by atoms with Crippen LogP contribution in [0.1, 0.15) is 24.5 Å². The summed E-state index contributed by atoms with van der Waals surface area (Å²) in [7, 11) is 4.05. The third-order valence-corrected chi connectivity index (χ3v) is 6.09. The molecule has 0 radical (unpaired) electrons. The quantitative estimate of drug-likeness (QED) is 0.406. The van der Waals surface area contributed by atoms with Crippen LogP contribution in [0.25, 0.3) is 11.3 Å². The lowest BCUT2D eigenvalue weighted by Gasteiger charge is -2.23. The van der Waals surface area contributed by atoms with Gasteiger partial charge in [0.1, 0.15) is 0 Å². The van der Waals surface area contributed by atoms with Gasteiger partial charge in [-0.15, -0.1) is 0 Å². The molecule has 0 saturated carbocycles. The van der Waals surface area contributed by atoms with Gasteiger partial charge < -0.3 is 20.4 Å². The van der Waals surface area contributed by atoms with Crippen molar-refractivity contribution < 1.29 is 9.59 Å². The molecule has 0 atom stereocenters. The Kier molecular flexibility index (Phi) is 7.54. The Morgan fingerprint density at radius 1 is 0.971 bits per heavy atom. The van der Waals surface area contributed by atoms with Crippen LogP contribution in [0.5, 0.6) is 0 Å². The van der Waals surface area contributed by atoms with Gasteiger partial charge in [-0.1, -0.05) is 48.0 Å². The van der Waals surface area contributed by atoms with Crippen LogP contribution in [-0.4, -0.2) is 43.9 Å². The zero-order valence-electron chi connectivity index (χ0n) is 20.1.